The van der Waals surface area contributed by atoms with Crippen LogP contribution in [0.25, 0.3) is 11.1 Å². The van der Waals surface area contributed by atoms with E-state index in [1.165, 1.54) is 22.3 Å². The quantitative estimate of drug-likeness (QED) is 0.576. The number of rotatable bonds is 7. The highest BCUT2D eigenvalue weighted by molar-refractivity contribution is 5.92. The second-order valence-electron chi connectivity index (χ2n) is 9.18. The molecular formula is C28H33NO5. The summed E-state index contributed by atoms with van der Waals surface area (Å²) in [6.45, 7) is 4.76. The Hall–Kier alpha value is -2.67. The molecule has 1 N–H and O–H groups in total. The number of allylic oxidation sites excluding steroid dienone is 1. The van der Waals surface area contributed by atoms with Crippen LogP contribution in [0.4, 0.5) is 0 Å². The van der Waals surface area contributed by atoms with Crippen molar-refractivity contribution in [2.75, 3.05) is 39.5 Å². The average Bonchev–Trinajstić information content (AvgIpc) is 3.25. The van der Waals surface area contributed by atoms with Gasteiger partial charge < -0.3 is 24.2 Å². The van der Waals surface area contributed by atoms with Crippen molar-refractivity contribution in [3.05, 3.63) is 71.0 Å². The van der Waals surface area contributed by atoms with Crippen molar-refractivity contribution in [1.29, 1.82) is 0 Å². The van der Waals surface area contributed by atoms with E-state index in [0.29, 0.717) is 45.1 Å². The van der Waals surface area contributed by atoms with Crippen LogP contribution < -0.4 is 0 Å². The molecular weight excluding hydrogens is 430 g/mol. The number of hydrogen-bond donors (Lipinski definition) is 1. The van der Waals surface area contributed by atoms with Crippen molar-refractivity contribution in [2.45, 2.75) is 38.4 Å². The topological polar surface area (TPSA) is 68.2 Å². The maximum atomic E-state index is 13.3. The van der Waals surface area contributed by atoms with Gasteiger partial charge >= 0.3 is 0 Å². The van der Waals surface area contributed by atoms with Crippen molar-refractivity contribution in [1.82, 2.24) is 4.90 Å². The summed E-state index contributed by atoms with van der Waals surface area (Å²) in [5.74, 6) is 0.225. The molecule has 2 aromatic carbocycles. The summed E-state index contributed by atoms with van der Waals surface area (Å²) in [7, 11) is 0. The minimum absolute atomic E-state index is 0.00941. The van der Waals surface area contributed by atoms with Crippen LogP contribution in [0.2, 0.25) is 0 Å². The van der Waals surface area contributed by atoms with Crippen LogP contribution in [0.3, 0.4) is 0 Å². The van der Waals surface area contributed by atoms with Crippen molar-refractivity contribution in [2.24, 2.45) is 5.92 Å². The number of ether oxygens (including phenoxy) is 3. The third kappa shape index (κ3) is 4.50. The van der Waals surface area contributed by atoms with Gasteiger partial charge in [0.2, 0.25) is 6.29 Å². The van der Waals surface area contributed by atoms with Gasteiger partial charge in [-0.05, 0) is 60.1 Å². The number of benzene rings is 2. The van der Waals surface area contributed by atoms with E-state index in [2.05, 4.69) is 42.5 Å². The number of fused-ring (bicyclic) bond motifs is 3. The standard InChI is InChI=1S/C28H33NO5/c1-2-33-28-24(8-5-13-30)25(18-26(34-28)27(31)29-11-14-32-15-12-29)20-9-10-23-21(17-20)16-19-6-3-4-7-22(19)23/h3-4,6-7,9-10,17-18,24-25,28,30H,2,5,8,11-16H2,1H3/t24-,25+,28+/m0/s1. The molecule has 0 spiro atoms. The minimum Gasteiger partial charge on any atom is -0.459 e. The van der Waals surface area contributed by atoms with E-state index in [4.69, 9.17) is 14.2 Å². The maximum Gasteiger partial charge on any atom is 0.288 e. The number of morpholine rings is 1. The van der Waals surface area contributed by atoms with E-state index < -0.39 is 6.29 Å². The third-order valence-electron chi connectivity index (χ3n) is 7.12. The highest BCUT2D eigenvalue weighted by atomic mass is 16.7. The van der Waals surface area contributed by atoms with Gasteiger partial charge in [0.25, 0.3) is 5.91 Å². The van der Waals surface area contributed by atoms with Gasteiger partial charge in [-0.1, -0.05) is 42.5 Å². The van der Waals surface area contributed by atoms with Gasteiger partial charge in [-0.3, -0.25) is 4.79 Å². The van der Waals surface area contributed by atoms with Gasteiger partial charge in [0.15, 0.2) is 5.76 Å². The highest BCUT2D eigenvalue weighted by Gasteiger charge is 2.39. The highest BCUT2D eigenvalue weighted by Crippen LogP contribution is 2.43. The molecule has 1 saturated heterocycles. The Kier molecular flexibility index (Phi) is 6.99. The van der Waals surface area contributed by atoms with Gasteiger partial charge in [-0.2, -0.15) is 0 Å². The zero-order chi connectivity index (χ0) is 23.5. The van der Waals surface area contributed by atoms with E-state index >= 15 is 0 Å². The second kappa shape index (κ2) is 10.3. The molecule has 180 valence electrons. The first-order chi connectivity index (χ1) is 16.7. The number of amides is 1. The SMILES string of the molecule is CCO[C@@H]1OC(C(=O)N2CCOCC2)=C[C@H](c2ccc3c(c2)Cc2ccccc2-3)[C@@H]1CCCO. The molecule has 1 aliphatic carbocycles. The molecule has 0 bridgehead atoms. The fourth-order valence-electron chi connectivity index (χ4n) is 5.43. The van der Waals surface area contributed by atoms with Crippen LogP contribution >= 0.6 is 0 Å². The number of aliphatic hydroxyl groups is 1. The lowest BCUT2D eigenvalue weighted by molar-refractivity contribution is -0.171. The fraction of sp³-hybridized carbons (Fsp3) is 0.464. The number of aliphatic hydroxyl groups excluding tert-OH is 1. The van der Waals surface area contributed by atoms with Crippen LogP contribution in [0.1, 0.15) is 42.4 Å². The zero-order valence-electron chi connectivity index (χ0n) is 19.7. The maximum absolute atomic E-state index is 13.3. The molecule has 6 heteroatoms. The molecule has 34 heavy (non-hydrogen) atoms. The summed E-state index contributed by atoms with van der Waals surface area (Å²) in [5, 5.41) is 9.54. The summed E-state index contributed by atoms with van der Waals surface area (Å²) in [6, 6.07) is 15.2. The van der Waals surface area contributed by atoms with Crippen molar-refractivity contribution < 1.29 is 24.1 Å². The van der Waals surface area contributed by atoms with Gasteiger partial charge in [0, 0.05) is 38.1 Å². The molecule has 0 saturated carbocycles. The zero-order valence-corrected chi connectivity index (χ0v) is 19.7. The van der Waals surface area contributed by atoms with Crippen LogP contribution in [0.5, 0.6) is 0 Å². The van der Waals surface area contributed by atoms with Gasteiger partial charge in [0.05, 0.1) is 13.2 Å². The minimum atomic E-state index is -0.531. The van der Waals surface area contributed by atoms with E-state index in [1.54, 1.807) is 4.90 Å². The van der Waals surface area contributed by atoms with E-state index in [-0.39, 0.29) is 24.3 Å². The lowest BCUT2D eigenvalue weighted by Gasteiger charge is -2.38. The monoisotopic (exact) mass is 463 g/mol. The Morgan fingerprint density at radius 3 is 2.71 bits per heavy atom. The summed E-state index contributed by atoms with van der Waals surface area (Å²) in [6.07, 6.45) is 3.78. The molecule has 1 fully saturated rings. The summed E-state index contributed by atoms with van der Waals surface area (Å²) < 4.78 is 17.6. The van der Waals surface area contributed by atoms with Gasteiger partial charge in [-0.25, -0.2) is 0 Å². The molecule has 1 amide bonds. The average molecular weight is 464 g/mol. The first-order valence-corrected chi connectivity index (χ1v) is 12.4. The smallest absolute Gasteiger partial charge is 0.288 e. The largest absolute Gasteiger partial charge is 0.459 e. The van der Waals surface area contributed by atoms with Crippen LogP contribution in [-0.2, 0) is 25.4 Å². The number of nitrogens with zero attached hydrogens (tertiary/aromatic N) is 1. The number of hydrogen-bond acceptors (Lipinski definition) is 5. The van der Waals surface area contributed by atoms with Gasteiger partial charge in [-0.15, -0.1) is 0 Å². The van der Waals surface area contributed by atoms with Crippen molar-refractivity contribution in [3.63, 3.8) is 0 Å². The first kappa shape index (κ1) is 23.1. The lowest BCUT2D eigenvalue weighted by atomic mass is 9.79. The Labute approximate surface area is 201 Å². The Morgan fingerprint density at radius 2 is 1.91 bits per heavy atom. The molecule has 0 aromatic heterocycles. The second-order valence-corrected chi connectivity index (χ2v) is 9.18. The fourth-order valence-corrected chi connectivity index (χ4v) is 5.43. The predicted octanol–water partition coefficient (Wildman–Crippen LogP) is 3.87. The normalized spacial score (nSPS) is 23.6. The van der Waals surface area contributed by atoms with Crippen LogP contribution in [0.15, 0.2) is 54.3 Å². The molecule has 2 aliphatic heterocycles. The molecule has 2 aromatic rings. The van der Waals surface area contributed by atoms with Crippen LogP contribution in [0, 0.1) is 5.92 Å². The van der Waals surface area contributed by atoms with Crippen LogP contribution in [-0.4, -0.2) is 61.7 Å². The van der Waals surface area contributed by atoms with E-state index in [1.807, 2.05) is 13.0 Å². The Morgan fingerprint density at radius 1 is 1.12 bits per heavy atom. The molecule has 0 unspecified atom stereocenters. The molecule has 2 heterocycles. The number of carbonyl (C=O) groups is 1. The molecule has 5 rings (SSSR count). The predicted molar refractivity (Wildman–Crippen MR) is 129 cm³/mol. The van der Waals surface area contributed by atoms with Crippen molar-refractivity contribution in [3.8, 4) is 11.1 Å². The van der Waals surface area contributed by atoms with Gasteiger partial charge in [0.1, 0.15) is 0 Å². The number of carbonyl (C=O) groups excluding carboxylic acids is 1. The lowest BCUT2D eigenvalue weighted by Crippen LogP contribution is -2.44. The molecule has 0 radical (unpaired) electrons. The van der Waals surface area contributed by atoms with Crippen molar-refractivity contribution >= 4 is 5.91 Å². The molecule has 3 aliphatic rings. The first-order valence-electron chi connectivity index (χ1n) is 12.4. The summed E-state index contributed by atoms with van der Waals surface area (Å²) in [4.78, 5) is 15.1. The summed E-state index contributed by atoms with van der Waals surface area (Å²) >= 11 is 0. The molecule has 3 atom stereocenters. The Bertz CT molecular complexity index is 1060. The third-order valence-corrected chi connectivity index (χ3v) is 7.12. The van der Waals surface area contributed by atoms with E-state index in [0.717, 1.165) is 18.4 Å². The van der Waals surface area contributed by atoms with E-state index in [9.17, 15) is 9.90 Å². The molecule has 6 nitrogen and oxygen atoms in total. The Balaban J connectivity index is 1.50. The summed E-state index contributed by atoms with van der Waals surface area (Å²) in [5.41, 5.74) is 6.42.